The molecule has 66 heavy (non-hydrogen) atoms. The van der Waals surface area contributed by atoms with Crippen molar-refractivity contribution in [2.75, 3.05) is 40.4 Å². The highest BCUT2D eigenvalue weighted by Crippen LogP contribution is 2.37. The van der Waals surface area contributed by atoms with E-state index in [0.717, 1.165) is 17.5 Å². The number of hydrogen-bond acceptors (Lipinski definition) is 14. The zero-order valence-corrected chi connectivity index (χ0v) is 37.6. The number of para-hydroxylation sites is 2. The van der Waals surface area contributed by atoms with Crippen LogP contribution < -0.4 is 36.5 Å². The molecule has 0 radical (unpaired) electrons. The maximum absolute atomic E-state index is 14.2. The molecule has 0 saturated carbocycles. The molecule has 17 nitrogen and oxygen atoms in total. The zero-order chi connectivity index (χ0) is 47.0. The van der Waals surface area contributed by atoms with Gasteiger partial charge in [-0.1, -0.05) is 60.7 Å². The normalized spacial score (nSPS) is 18.3. The molecule has 2 aliphatic rings. The molecule has 352 valence electrons. The Bertz CT molecular complexity index is 2230. The van der Waals surface area contributed by atoms with Crippen LogP contribution in [0.2, 0.25) is 0 Å². The third-order valence-electron chi connectivity index (χ3n) is 11.7. The summed E-state index contributed by atoms with van der Waals surface area (Å²) in [7, 11) is 3.08. The van der Waals surface area contributed by atoms with Crippen LogP contribution in [0.25, 0.3) is 0 Å². The Morgan fingerprint density at radius 3 is 1.77 bits per heavy atom. The number of ether oxygens (including phenoxy) is 4. The first kappa shape index (κ1) is 49.1. The number of aliphatic hydroxyl groups is 1. The second-order valence-corrected chi connectivity index (χ2v) is 16.2. The molecule has 7 atom stereocenters. The van der Waals surface area contributed by atoms with E-state index in [1.807, 2.05) is 109 Å². The first-order chi connectivity index (χ1) is 32.0. The van der Waals surface area contributed by atoms with E-state index in [1.165, 1.54) is 7.05 Å². The van der Waals surface area contributed by atoms with Crippen molar-refractivity contribution in [2.24, 2.45) is 5.73 Å². The highest BCUT2D eigenvalue weighted by atomic mass is 16.5. The summed E-state index contributed by atoms with van der Waals surface area (Å²) in [4.78, 5) is 70.8. The van der Waals surface area contributed by atoms with Crippen molar-refractivity contribution in [1.29, 1.82) is 0 Å². The number of esters is 2. The summed E-state index contributed by atoms with van der Waals surface area (Å²) in [6.45, 7) is 2.12. The van der Waals surface area contributed by atoms with Crippen molar-refractivity contribution >= 4 is 29.7 Å². The molecule has 2 heterocycles. The number of unbranched alkanes of at least 4 members (excludes halogenated alkanes) is 1. The van der Waals surface area contributed by atoms with Gasteiger partial charge in [-0.15, -0.1) is 0 Å². The van der Waals surface area contributed by atoms with Crippen molar-refractivity contribution in [3.8, 4) is 23.0 Å². The van der Waals surface area contributed by atoms with E-state index in [0.29, 0.717) is 55.4 Å². The largest absolute Gasteiger partial charge is 0.464 e. The number of carbonyl (C=O) groups is 5. The Balaban J connectivity index is 1.05. The predicted octanol–water partition coefficient (Wildman–Crippen LogP) is 4.04. The summed E-state index contributed by atoms with van der Waals surface area (Å²) in [5.41, 5.74) is 7.59. The number of likely N-dealkylation sites (tertiary alicyclic amines) is 2. The van der Waals surface area contributed by atoms with Crippen molar-refractivity contribution in [3.05, 3.63) is 120 Å². The number of benzene rings is 4. The minimum atomic E-state index is -1.61. The molecule has 1 unspecified atom stereocenters. The van der Waals surface area contributed by atoms with Gasteiger partial charge in [0.05, 0.1) is 25.3 Å². The lowest BCUT2D eigenvalue weighted by Gasteiger charge is -2.34. The van der Waals surface area contributed by atoms with E-state index < -0.39 is 60.2 Å². The van der Waals surface area contributed by atoms with Gasteiger partial charge in [0.15, 0.2) is 6.04 Å². The molecule has 3 amide bonds. The standard InChI is InChI=1S/C49H61N7O10/c1-32(51-2)44(57)53-41(46(59)55-26-14-24-39(55)33-16-12-22-37(30-33)65-35-18-6-4-7-19-35)48(61)63-28-10-11-29-64-49(62)42(54-45(58)43(50)52-3)47(60)56-27-15-25-40(56)34-17-13-23-38(31-34)66-36-20-8-5-9-21-36/h4-9,12-13,16-23,30-32,39-43,47,51-52,60H,10-11,14-15,24-29,50H2,1-3H3,(H,53,57)(H,54,58)/t32-,39-,40-,41+,42+,43+,47?/m0/s1. The van der Waals surface area contributed by atoms with Gasteiger partial charge >= 0.3 is 11.9 Å². The van der Waals surface area contributed by atoms with Crippen molar-refractivity contribution in [2.45, 2.75) is 88.1 Å². The fraction of sp³-hybridized carbons (Fsp3) is 0.408. The Morgan fingerprint density at radius 1 is 0.667 bits per heavy atom. The van der Waals surface area contributed by atoms with Crippen molar-refractivity contribution in [3.63, 3.8) is 0 Å². The number of rotatable bonds is 22. The number of nitrogens with zero attached hydrogens (tertiary/aromatic N) is 2. The molecule has 0 aliphatic carbocycles. The zero-order valence-electron chi connectivity index (χ0n) is 37.6. The quantitative estimate of drug-likeness (QED) is 0.0284. The number of aliphatic hydroxyl groups excluding tert-OH is 1. The number of nitrogens with one attached hydrogen (secondary N) is 4. The molecule has 4 aromatic carbocycles. The van der Waals surface area contributed by atoms with Crippen LogP contribution in [-0.2, 0) is 33.4 Å². The van der Waals surface area contributed by atoms with E-state index in [2.05, 4.69) is 21.3 Å². The van der Waals surface area contributed by atoms with Crippen LogP contribution in [-0.4, -0.2) is 115 Å². The number of carbonyl (C=O) groups excluding carboxylic acids is 5. The number of hydrogen-bond donors (Lipinski definition) is 6. The summed E-state index contributed by atoms with van der Waals surface area (Å²) in [5.74, 6) is -1.14. The summed E-state index contributed by atoms with van der Waals surface area (Å²) >= 11 is 0. The fourth-order valence-electron chi connectivity index (χ4n) is 7.99. The van der Waals surface area contributed by atoms with Gasteiger partial charge in [0.25, 0.3) is 11.8 Å². The number of nitrogens with two attached hydrogens (primary N) is 1. The smallest absolute Gasteiger partial charge is 0.338 e. The van der Waals surface area contributed by atoms with Crippen LogP contribution >= 0.6 is 0 Å². The van der Waals surface area contributed by atoms with E-state index in [4.69, 9.17) is 24.7 Å². The number of amides is 3. The van der Waals surface area contributed by atoms with Gasteiger partial charge in [-0.05, 0) is 119 Å². The molecular weight excluding hydrogens is 847 g/mol. The van der Waals surface area contributed by atoms with E-state index in [9.17, 15) is 29.1 Å². The van der Waals surface area contributed by atoms with Crippen LogP contribution in [0.4, 0.5) is 0 Å². The molecular formula is C49H61N7O10. The maximum atomic E-state index is 14.2. The average Bonchev–Trinajstić information content (AvgIpc) is 4.05. The molecule has 7 N–H and O–H groups in total. The lowest BCUT2D eigenvalue weighted by molar-refractivity contribution is -0.158. The Labute approximate surface area is 385 Å². The molecule has 17 heteroatoms. The predicted molar refractivity (Wildman–Crippen MR) is 245 cm³/mol. The maximum Gasteiger partial charge on any atom is 0.338 e. The van der Waals surface area contributed by atoms with Gasteiger partial charge in [-0.3, -0.25) is 24.6 Å². The molecule has 2 fully saturated rings. The van der Waals surface area contributed by atoms with E-state index in [1.54, 1.807) is 23.8 Å². The molecule has 0 spiro atoms. The van der Waals surface area contributed by atoms with E-state index in [-0.39, 0.29) is 38.1 Å². The van der Waals surface area contributed by atoms with Gasteiger partial charge in [0, 0.05) is 19.1 Å². The van der Waals surface area contributed by atoms with Crippen molar-refractivity contribution in [1.82, 2.24) is 31.1 Å². The van der Waals surface area contributed by atoms with E-state index >= 15 is 0 Å². The summed E-state index contributed by atoms with van der Waals surface area (Å²) < 4.78 is 23.2. The van der Waals surface area contributed by atoms with Crippen LogP contribution in [0, 0.1) is 0 Å². The highest BCUT2D eigenvalue weighted by Gasteiger charge is 2.41. The van der Waals surface area contributed by atoms with Crippen LogP contribution in [0.15, 0.2) is 109 Å². The lowest BCUT2D eigenvalue weighted by atomic mass is 10.0. The summed E-state index contributed by atoms with van der Waals surface area (Å²) in [6, 6.07) is 29.1. The average molecular weight is 908 g/mol. The molecule has 0 bridgehead atoms. The molecule has 4 aromatic rings. The first-order valence-corrected chi connectivity index (χ1v) is 22.4. The fourth-order valence-corrected chi connectivity index (χ4v) is 7.99. The number of likely N-dealkylation sites (N-methyl/N-ethyl adjacent to an activating group) is 2. The Kier molecular flexibility index (Phi) is 18.0. The SMILES string of the molecule is CN[C@@H](C)C(=O)N[C@@H](C(=O)OCCCCOC(=O)[C@H](NC(=O)[C@H](N)NC)C(O)N1CCC[C@H]1c1cccc(Oc2ccccc2)c1)C(=O)N1CCC[C@H]1c1cccc(Oc2ccccc2)c1. The monoisotopic (exact) mass is 907 g/mol. The lowest BCUT2D eigenvalue weighted by Crippen LogP contribution is -2.60. The molecule has 6 rings (SSSR count). The van der Waals surface area contributed by atoms with Gasteiger partial charge in [-0.25, -0.2) is 9.59 Å². The second-order valence-electron chi connectivity index (χ2n) is 16.2. The third kappa shape index (κ3) is 13.1. The van der Waals surface area contributed by atoms with Gasteiger partial charge in [0.2, 0.25) is 11.9 Å². The Morgan fingerprint density at radius 2 is 1.20 bits per heavy atom. The topological polar surface area (TPSA) is 223 Å². The van der Waals surface area contributed by atoms with Gasteiger partial charge in [0.1, 0.15) is 35.4 Å². The molecule has 0 aromatic heterocycles. The van der Waals surface area contributed by atoms with Gasteiger partial charge in [-0.2, -0.15) is 0 Å². The van der Waals surface area contributed by atoms with Crippen LogP contribution in [0.5, 0.6) is 23.0 Å². The Hall–Kier alpha value is -6.37. The minimum Gasteiger partial charge on any atom is -0.464 e. The summed E-state index contributed by atoms with van der Waals surface area (Å²) in [6.07, 6.45) is 0.536. The summed E-state index contributed by atoms with van der Waals surface area (Å²) in [5, 5.41) is 22.3. The minimum absolute atomic E-state index is 0.142. The molecule has 2 aliphatic heterocycles. The third-order valence-corrected chi connectivity index (χ3v) is 11.7. The van der Waals surface area contributed by atoms with Crippen molar-refractivity contribution < 1.29 is 48.0 Å². The highest BCUT2D eigenvalue weighted by molar-refractivity contribution is 6.05. The van der Waals surface area contributed by atoms with Gasteiger partial charge < -0.3 is 50.6 Å². The van der Waals surface area contributed by atoms with Crippen LogP contribution in [0.3, 0.4) is 0 Å². The first-order valence-electron chi connectivity index (χ1n) is 22.4. The molecule has 2 saturated heterocycles. The van der Waals surface area contributed by atoms with Crippen LogP contribution in [0.1, 0.15) is 68.7 Å². The second kappa shape index (κ2) is 24.2.